The standard InChI is InChI=1S/C26H25NO2/c1-2-11-25-23-17-10-9-16-22(23)24(21-14-7-4-8-15-21)18-27(25)26(28)29-19-20-12-5-3-6-13-20/h2-10,12-17,24-25H,1,11,18-19H2/t24-,25-/m0/s1. The van der Waals surface area contributed by atoms with Crippen LogP contribution in [0.4, 0.5) is 4.79 Å². The Bertz CT molecular complexity index is 968. The molecular formula is C26H25NO2. The van der Waals surface area contributed by atoms with Crippen LogP contribution in [-0.2, 0) is 11.3 Å². The van der Waals surface area contributed by atoms with Crippen molar-refractivity contribution in [3.05, 3.63) is 120 Å². The SMILES string of the molecule is C=CC[C@H]1c2ccccc2[C@H](c2ccccc2)CN1C(=O)OCc1ccccc1. The van der Waals surface area contributed by atoms with Crippen LogP contribution in [-0.4, -0.2) is 17.5 Å². The maximum absolute atomic E-state index is 13.1. The molecule has 0 aromatic heterocycles. The molecule has 0 unspecified atom stereocenters. The highest BCUT2D eigenvalue weighted by molar-refractivity contribution is 5.70. The van der Waals surface area contributed by atoms with E-state index in [-0.39, 0.29) is 24.7 Å². The zero-order valence-corrected chi connectivity index (χ0v) is 16.4. The molecule has 0 spiro atoms. The molecule has 146 valence electrons. The highest BCUT2D eigenvalue weighted by atomic mass is 16.6. The Morgan fingerprint density at radius 3 is 2.24 bits per heavy atom. The first kappa shape index (κ1) is 19.0. The second-order valence-corrected chi connectivity index (χ2v) is 7.32. The van der Waals surface area contributed by atoms with Crippen molar-refractivity contribution in [2.24, 2.45) is 0 Å². The number of carbonyl (C=O) groups is 1. The van der Waals surface area contributed by atoms with Crippen LogP contribution in [0.15, 0.2) is 97.6 Å². The third-order valence-corrected chi connectivity index (χ3v) is 5.52. The summed E-state index contributed by atoms with van der Waals surface area (Å²) >= 11 is 0. The Kier molecular flexibility index (Phi) is 5.76. The third kappa shape index (κ3) is 4.09. The molecule has 1 heterocycles. The number of carbonyl (C=O) groups excluding carboxylic acids is 1. The van der Waals surface area contributed by atoms with Crippen LogP contribution >= 0.6 is 0 Å². The van der Waals surface area contributed by atoms with Crippen molar-refractivity contribution in [2.75, 3.05) is 6.54 Å². The van der Waals surface area contributed by atoms with Crippen LogP contribution in [0, 0.1) is 0 Å². The molecule has 0 bridgehead atoms. The lowest BCUT2D eigenvalue weighted by Gasteiger charge is -2.40. The number of fused-ring (bicyclic) bond motifs is 1. The molecule has 3 heteroatoms. The maximum Gasteiger partial charge on any atom is 0.410 e. The molecule has 0 aliphatic carbocycles. The Labute approximate surface area is 172 Å². The number of nitrogens with zero attached hydrogens (tertiary/aromatic N) is 1. The topological polar surface area (TPSA) is 29.5 Å². The molecule has 29 heavy (non-hydrogen) atoms. The first-order valence-corrected chi connectivity index (χ1v) is 10.00. The van der Waals surface area contributed by atoms with Gasteiger partial charge in [0, 0.05) is 12.5 Å². The van der Waals surface area contributed by atoms with Crippen molar-refractivity contribution in [2.45, 2.75) is 25.0 Å². The lowest BCUT2D eigenvalue weighted by Crippen LogP contribution is -2.42. The highest BCUT2D eigenvalue weighted by Gasteiger charge is 2.36. The number of rotatable bonds is 5. The average molecular weight is 383 g/mol. The number of amides is 1. The second-order valence-electron chi connectivity index (χ2n) is 7.32. The molecule has 3 aromatic carbocycles. The van der Waals surface area contributed by atoms with Crippen molar-refractivity contribution in [3.63, 3.8) is 0 Å². The van der Waals surface area contributed by atoms with Crippen LogP contribution in [0.1, 0.15) is 40.6 Å². The molecule has 0 saturated heterocycles. The maximum atomic E-state index is 13.1. The molecule has 3 nitrogen and oxygen atoms in total. The molecular weight excluding hydrogens is 358 g/mol. The summed E-state index contributed by atoms with van der Waals surface area (Å²) < 4.78 is 5.70. The Hall–Kier alpha value is -3.33. The predicted octanol–water partition coefficient (Wildman–Crippen LogP) is 6.09. The van der Waals surface area contributed by atoms with E-state index in [4.69, 9.17) is 4.74 Å². The quantitative estimate of drug-likeness (QED) is 0.499. The fourth-order valence-electron chi connectivity index (χ4n) is 4.11. The minimum atomic E-state index is -0.281. The summed E-state index contributed by atoms with van der Waals surface area (Å²) in [5, 5.41) is 0. The highest BCUT2D eigenvalue weighted by Crippen LogP contribution is 2.41. The van der Waals surface area contributed by atoms with Gasteiger partial charge in [-0.05, 0) is 28.7 Å². The van der Waals surface area contributed by atoms with Gasteiger partial charge in [0.1, 0.15) is 6.61 Å². The van der Waals surface area contributed by atoms with Gasteiger partial charge < -0.3 is 4.74 Å². The second kappa shape index (κ2) is 8.78. The van der Waals surface area contributed by atoms with E-state index in [1.54, 1.807) is 0 Å². The summed E-state index contributed by atoms with van der Waals surface area (Å²) in [5.74, 6) is 0.123. The Morgan fingerprint density at radius 1 is 0.931 bits per heavy atom. The summed E-state index contributed by atoms with van der Waals surface area (Å²) in [6, 6.07) is 28.5. The molecule has 2 atom stereocenters. The monoisotopic (exact) mass is 383 g/mol. The molecule has 0 fully saturated rings. The van der Waals surface area contributed by atoms with E-state index >= 15 is 0 Å². The third-order valence-electron chi connectivity index (χ3n) is 5.52. The van der Waals surface area contributed by atoms with E-state index in [1.807, 2.05) is 65.6 Å². The Morgan fingerprint density at radius 2 is 1.55 bits per heavy atom. The largest absolute Gasteiger partial charge is 0.445 e. The van der Waals surface area contributed by atoms with Crippen molar-refractivity contribution < 1.29 is 9.53 Å². The van der Waals surface area contributed by atoms with Gasteiger partial charge in [-0.25, -0.2) is 4.79 Å². The van der Waals surface area contributed by atoms with Gasteiger partial charge in [-0.2, -0.15) is 0 Å². The number of hydrogen-bond donors (Lipinski definition) is 0. The van der Waals surface area contributed by atoms with E-state index in [2.05, 4.69) is 36.9 Å². The molecule has 0 radical (unpaired) electrons. The van der Waals surface area contributed by atoms with Crippen molar-refractivity contribution in [1.29, 1.82) is 0 Å². The molecule has 0 saturated carbocycles. The minimum absolute atomic E-state index is 0.0630. The molecule has 4 rings (SSSR count). The molecule has 1 aliphatic rings. The summed E-state index contributed by atoms with van der Waals surface area (Å²) in [4.78, 5) is 15.0. The molecule has 1 amide bonds. The molecule has 0 N–H and O–H groups in total. The average Bonchev–Trinajstić information content (AvgIpc) is 2.79. The normalized spacial score (nSPS) is 18.0. The zero-order valence-electron chi connectivity index (χ0n) is 16.4. The summed E-state index contributed by atoms with van der Waals surface area (Å²) in [5.41, 5.74) is 4.64. The van der Waals surface area contributed by atoms with Crippen molar-refractivity contribution in [3.8, 4) is 0 Å². The zero-order chi connectivity index (χ0) is 20.1. The van der Waals surface area contributed by atoms with E-state index in [0.717, 1.165) is 5.56 Å². The number of ether oxygens (including phenoxy) is 1. The van der Waals surface area contributed by atoms with Gasteiger partial charge in [-0.1, -0.05) is 91.0 Å². The van der Waals surface area contributed by atoms with Crippen LogP contribution < -0.4 is 0 Å². The minimum Gasteiger partial charge on any atom is -0.445 e. The van der Waals surface area contributed by atoms with Crippen molar-refractivity contribution >= 4 is 6.09 Å². The van der Waals surface area contributed by atoms with Gasteiger partial charge in [-0.3, -0.25) is 4.90 Å². The van der Waals surface area contributed by atoms with Gasteiger partial charge in [-0.15, -0.1) is 6.58 Å². The number of benzene rings is 3. The van der Waals surface area contributed by atoms with Crippen LogP contribution in [0.3, 0.4) is 0 Å². The summed E-state index contributed by atoms with van der Waals surface area (Å²) in [7, 11) is 0. The van der Waals surface area contributed by atoms with E-state index in [0.29, 0.717) is 13.0 Å². The Balaban J connectivity index is 1.65. The van der Waals surface area contributed by atoms with E-state index in [1.165, 1.54) is 16.7 Å². The van der Waals surface area contributed by atoms with E-state index < -0.39 is 0 Å². The van der Waals surface area contributed by atoms with Gasteiger partial charge in [0.25, 0.3) is 0 Å². The van der Waals surface area contributed by atoms with Gasteiger partial charge in [0.05, 0.1) is 6.04 Å². The van der Waals surface area contributed by atoms with Gasteiger partial charge in [0.2, 0.25) is 0 Å². The van der Waals surface area contributed by atoms with Crippen LogP contribution in [0.5, 0.6) is 0 Å². The lowest BCUT2D eigenvalue weighted by molar-refractivity contribution is 0.0749. The first-order chi connectivity index (χ1) is 14.3. The van der Waals surface area contributed by atoms with Crippen molar-refractivity contribution in [1.82, 2.24) is 4.90 Å². The van der Waals surface area contributed by atoms with E-state index in [9.17, 15) is 4.79 Å². The lowest BCUT2D eigenvalue weighted by atomic mass is 9.80. The fourth-order valence-corrected chi connectivity index (χ4v) is 4.11. The number of hydrogen-bond acceptors (Lipinski definition) is 2. The fraction of sp³-hybridized carbons (Fsp3) is 0.192. The van der Waals surface area contributed by atoms with Crippen LogP contribution in [0.2, 0.25) is 0 Å². The van der Waals surface area contributed by atoms with Gasteiger partial charge >= 0.3 is 6.09 Å². The smallest absolute Gasteiger partial charge is 0.410 e. The summed E-state index contributed by atoms with van der Waals surface area (Å²) in [6.45, 7) is 4.78. The summed E-state index contributed by atoms with van der Waals surface area (Å²) in [6.07, 6.45) is 2.29. The first-order valence-electron chi connectivity index (χ1n) is 10.00. The molecule has 3 aromatic rings. The predicted molar refractivity (Wildman–Crippen MR) is 116 cm³/mol. The molecule has 1 aliphatic heterocycles. The van der Waals surface area contributed by atoms with Gasteiger partial charge in [0.15, 0.2) is 0 Å². The van der Waals surface area contributed by atoms with Crippen LogP contribution in [0.25, 0.3) is 0 Å².